The zero-order valence-electron chi connectivity index (χ0n) is 10.2. The summed E-state index contributed by atoms with van der Waals surface area (Å²) >= 11 is 0. The van der Waals surface area contributed by atoms with E-state index >= 15 is 0 Å². The normalized spacial score (nSPS) is 10.3. The van der Waals surface area contributed by atoms with Crippen molar-refractivity contribution < 1.29 is 4.79 Å². The lowest BCUT2D eigenvalue weighted by Gasteiger charge is -2.07. The van der Waals surface area contributed by atoms with Crippen LogP contribution in [0.1, 0.15) is 6.92 Å². The molecular formula is C10H15N7O. The molecule has 0 aromatic carbocycles. The summed E-state index contributed by atoms with van der Waals surface area (Å²) in [4.78, 5) is 19.8. The van der Waals surface area contributed by atoms with Crippen molar-refractivity contribution in [2.75, 3.05) is 30.8 Å². The SMILES string of the molecule is CCNC(=O)CNc1nc(NC)nc2[nH]ncc12. The topological polar surface area (TPSA) is 108 Å². The number of fused-ring (bicyclic) bond motifs is 1. The molecule has 0 spiro atoms. The first-order valence-electron chi connectivity index (χ1n) is 5.64. The Hall–Kier alpha value is -2.38. The van der Waals surface area contributed by atoms with Gasteiger partial charge in [-0.1, -0.05) is 0 Å². The van der Waals surface area contributed by atoms with Crippen LogP contribution in [0, 0.1) is 0 Å². The van der Waals surface area contributed by atoms with E-state index in [-0.39, 0.29) is 12.5 Å². The molecule has 0 saturated carbocycles. The zero-order valence-corrected chi connectivity index (χ0v) is 10.2. The molecule has 2 aromatic rings. The molecular weight excluding hydrogens is 234 g/mol. The quantitative estimate of drug-likeness (QED) is 0.591. The molecule has 2 rings (SSSR count). The maximum absolute atomic E-state index is 11.4. The maximum Gasteiger partial charge on any atom is 0.239 e. The summed E-state index contributed by atoms with van der Waals surface area (Å²) < 4.78 is 0. The molecule has 1 amide bonds. The van der Waals surface area contributed by atoms with Gasteiger partial charge >= 0.3 is 0 Å². The van der Waals surface area contributed by atoms with Gasteiger partial charge in [0.1, 0.15) is 5.82 Å². The summed E-state index contributed by atoms with van der Waals surface area (Å²) in [5.74, 6) is 0.952. The van der Waals surface area contributed by atoms with Gasteiger partial charge in [0.15, 0.2) is 5.65 Å². The average molecular weight is 249 g/mol. The smallest absolute Gasteiger partial charge is 0.239 e. The second-order valence-corrected chi connectivity index (χ2v) is 3.59. The number of rotatable bonds is 5. The number of anilines is 2. The summed E-state index contributed by atoms with van der Waals surface area (Å²) in [5, 5.41) is 15.9. The number of likely N-dealkylation sites (N-methyl/N-ethyl adjacent to an activating group) is 1. The molecule has 4 N–H and O–H groups in total. The largest absolute Gasteiger partial charge is 0.360 e. The van der Waals surface area contributed by atoms with E-state index in [9.17, 15) is 4.79 Å². The molecule has 96 valence electrons. The van der Waals surface area contributed by atoms with Gasteiger partial charge in [-0.15, -0.1) is 0 Å². The Balaban J connectivity index is 2.20. The zero-order chi connectivity index (χ0) is 13.0. The average Bonchev–Trinajstić information content (AvgIpc) is 2.84. The van der Waals surface area contributed by atoms with E-state index in [0.717, 1.165) is 5.39 Å². The highest BCUT2D eigenvalue weighted by molar-refractivity contribution is 5.89. The van der Waals surface area contributed by atoms with Gasteiger partial charge < -0.3 is 16.0 Å². The van der Waals surface area contributed by atoms with Crippen LogP contribution >= 0.6 is 0 Å². The third-order valence-electron chi connectivity index (χ3n) is 2.32. The molecule has 8 nitrogen and oxygen atoms in total. The van der Waals surface area contributed by atoms with Crippen molar-refractivity contribution in [2.45, 2.75) is 6.92 Å². The second kappa shape index (κ2) is 5.30. The number of carbonyl (C=O) groups excluding carboxylic acids is 1. The predicted octanol–water partition coefficient (Wildman–Crippen LogP) is -0.0574. The number of nitrogens with zero attached hydrogens (tertiary/aromatic N) is 3. The number of carbonyl (C=O) groups is 1. The number of hydrogen-bond acceptors (Lipinski definition) is 6. The minimum absolute atomic E-state index is 0.0845. The van der Waals surface area contributed by atoms with E-state index in [4.69, 9.17) is 0 Å². The van der Waals surface area contributed by atoms with Crippen molar-refractivity contribution in [3.63, 3.8) is 0 Å². The third-order valence-corrected chi connectivity index (χ3v) is 2.32. The van der Waals surface area contributed by atoms with E-state index in [1.54, 1.807) is 13.2 Å². The van der Waals surface area contributed by atoms with Gasteiger partial charge in [0, 0.05) is 13.6 Å². The number of aromatic nitrogens is 4. The van der Waals surface area contributed by atoms with Gasteiger partial charge in [-0.2, -0.15) is 15.1 Å². The predicted molar refractivity (Wildman–Crippen MR) is 68.4 cm³/mol. The Morgan fingerprint density at radius 2 is 2.28 bits per heavy atom. The fourth-order valence-electron chi connectivity index (χ4n) is 1.51. The van der Waals surface area contributed by atoms with Crippen LogP contribution in [0.15, 0.2) is 6.20 Å². The second-order valence-electron chi connectivity index (χ2n) is 3.59. The highest BCUT2D eigenvalue weighted by Crippen LogP contribution is 2.19. The standard InChI is InChI=1S/C10H15N7O/c1-3-12-7(18)5-13-8-6-4-14-17-9(6)16-10(11-2)15-8/h4H,3,5H2,1-2H3,(H,12,18)(H3,11,13,14,15,16,17). The molecule has 18 heavy (non-hydrogen) atoms. The first-order chi connectivity index (χ1) is 8.74. The molecule has 0 radical (unpaired) electrons. The number of aromatic amines is 1. The van der Waals surface area contributed by atoms with E-state index in [1.807, 2.05) is 6.92 Å². The molecule has 0 fully saturated rings. The number of hydrogen-bond donors (Lipinski definition) is 4. The van der Waals surface area contributed by atoms with Crippen LogP contribution in [0.5, 0.6) is 0 Å². The molecule has 2 aromatic heterocycles. The molecule has 8 heteroatoms. The molecule has 0 atom stereocenters. The number of nitrogens with one attached hydrogen (secondary N) is 4. The first kappa shape index (κ1) is 12.1. The lowest BCUT2D eigenvalue weighted by atomic mass is 10.4. The number of amides is 1. The van der Waals surface area contributed by atoms with E-state index in [0.29, 0.717) is 24.0 Å². The summed E-state index contributed by atoms with van der Waals surface area (Å²) in [6.45, 7) is 2.64. The monoisotopic (exact) mass is 249 g/mol. The van der Waals surface area contributed by atoms with Crippen molar-refractivity contribution in [1.29, 1.82) is 0 Å². The van der Waals surface area contributed by atoms with Crippen LogP contribution in [-0.2, 0) is 4.79 Å². The minimum Gasteiger partial charge on any atom is -0.360 e. The lowest BCUT2D eigenvalue weighted by molar-refractivity contribution is -0.119. The summed E-state index contributed by atoms with van der Waals surface area (Å²) in [6.07, 6.45) is 1.62. The van der Waals surface area contributed by atoms with E-state index in [2.05, 4.69) is 36.1 Å². The van der Waals surface area contributed by atoms with Crippen LogP contribution in [0.3, 0.4) is 0 Å². The molecule has 0 aliphatic carbocycles. The lowest BCUT2D eigenvalue weighted by Crippen LogP contribution is -2.29. The Morgan fingerprint density at radius 1 is 1.44 bits per heavy atom. The van der Waals surface area contributed by atoms with Crippen LogP contribution in [-0.4, -0.2) is 46.2 Å². The third kappa shape index (κ3) is 2.47. The first-order valence-corrected chi connectivity index (χ1v) is 5.64. The van der Waals surface area contributed by atoms with Gasteiger partial charge in [0.05, 0.1) is 18.1 Å². The number of H-pyrrole nitrogens is 1. The molecule has 0 saturated heterocycles. The Kier molecular flexibility index (Phi) is 3.56. The summed E-state index contributed by atoms with van der Waals surface area (Å²) in [7, 11) is 1.73. The van der Waals surface area contributed by atoms with Crippen LogP contribution in [0.25, 0.3) is 11.0 Å². The highest BCUT2D eigenvalue weighted by Gasteiger charge is 2.09. The van der Waals surface area contributed by atoms with Crippen molar-refractivity contribution in [3.05, 3.63) is 6.20 Å². The van der Waals surface area contributed by atoms with Crippen molar-refractivity contribution >= 4 is 28.7 Å². The van der Waals surface area contributed by atoms with Crippen molar-refractivity contribution in [3.8, 4) is 0 Å². The van der Waals surface area contributed by atoms with Crippen molar-refractivity contribution in [1.82, 2.24) is 25.5 Å². The minimum atomic E-state index is -0.0845. The molecule has 0 aliphatic rings. The Bertz CT molecular complexity index is 550. The van der Waals surface area contributed by atoms with Gasteiger partial charge in [0.25, 0.3) is 0 Å². The summed E-state index contributed by atoms with van der Waals surface area (Å²) in [5.41, 5.74) is 0.618. The van der Waals surface area contributed by atoms with Crippen molar-refractivity contribution in [2.24, 2.45) is 0 Å². The van der Waals surface area contributed by atoms with E-state index < -0.39 is 0 Å². The maximum atomic E-state index is 11.4. The van der Waals surface area contributed by atoms with Gasteiger partial charge in [-0.25, -0.2) is 0 Å². The molecule has 0 aliphatic heterocycles. The van der Waals surface area contributed by atoms with Gasteiger partial charge in [0.2, 0.25) is 11.9 Å². The van der Waals surface area contributed by atoms with Gasteiger partial charge in [-0.05, 0) is 6.92 Å². The van der Waals surface area contributed by atoms with E-state index in [1.165, 1.54) is 0 Å². The summed E-state index contributed by atoms with van der Waals surface area (Å²) in [6, 6.07) is 0. The van der Waals surface area contributed by atoms with Crippen LogP contribution < -0.4 is 16.0 Å². The molecule has 0 unspecified atom stereocenters. The van der Waals surface area contributed by atoms with Crippen LogP contribution in [0.4, 0.5) is 11.8 Å². The fourth-order valence-corrected chi connectivity index (χ4v) is 1.51. The highest BCUT2D eigenvalue weighted by atomic mass is 16.1. The Labute approximate surface area is 104 Å². The molecule has 2 heterocycles. The van der Waals surface area contributed by atoms with Gasteiger partial charge in [-0.3, -0.25) is 9.89 Å². The van der Waals surface area contributed by atoms with Crippen LogP contribution in [0.2, 0.25) is 0 Å². The fraction of sp³-hybridized carbons (Fsp3) is 0.400. The molecule has 0 bridgehead atoms. The Morgan fingerprint density at radius 3 is 3.00 bits per heavy atom.